The summed E-state index contributed by atoms with van der Waals surface area (Å²) in [6, 6.07) is 5.16. The molecule has 0 aliphatic carbocycles. The second-order valence-corrected chi connectivity index (χ2v) is 6.20. The van der Waals surface area contributed by atoms with Gasteiger partial charge in [-0.25, -0.2) is 9.59 Å². The van der Waals surface area contributed by atoms with E-state index in [1.165, 1.54) is 0 Å². The Hall–Kier alpha value is -2.32. The third-order valence-corrected chi connectivity index (χ3v) is 3.61. The zero-order valence-corrected chi connectivity index (χ0v) is 15.0. The summed E-state index contributed by atoms with van der Waals surface area (Å²) >= 11 is 5.98. The van der Waals surface area contributed by atoms with Crippen LogP contribution in [-0.2, 0) is 9.59 Å². The van der Waals surface area contributed by atoms with E-state index >= 15 is 0 Å². The highest BCUT2D eigenvalue weighted by Crippen LogP contribution is 2.28. The van der Waals surface area contributed by atoms with Crippen LogP contribution in [0.4, 0.5) is 0 Å². The van der Waals surface area contributed by atoms with Crippen molar-refractivity contribution in [1.82, 2.24) is 9.80 Å². The van der Waals surface area contributed by atoms with Crippen LogP contribution in [0.1, 0.15) is 16.8 Å². The van der Waals surface area contributed by atoms with E-state index in [4.69, 9.17) is 36.1 Å². The van der Waals surface area contributed by atoms with Crippen molar-refractivity contribution in [2.24, 2.45) is 0 Å². The fraction of sp³-hybridized carbons (Fsp3) is 0.438. The molecular weight excluding hydrogens is 352 g/mol. The topological polar surface area (TPSA) is 107 Å². The molecule has 138 valence electrons. The Morgan fingerprint density at radius 1 is 1.32 bits per heavy atom. The molecule has 1 aliphatic rings. The predicted octanol–water partition coefficient (Wildman–Crippen LogP) is 1.28. The largest absolute Gasteiger partial charge is 0.488 e. The molecule has 2 N–H and O–H groups in total. The second-order valence-electron chi connectivity index (χ2n) is 5.77. The van der Waals surface area contributed by atoms with Crippen LogP contribution in [0.25, 0.3) is 0 Å². The third kappa shape index (κ3) is 6.60. The highest BCUT2D eigenvalue weighted by atomic mass is 35.5. The van der Waals surface area contributed by atoms with Gasteiger partial charge in [0.25, 0.3) is 5.91 Å². The van der Waals surface area contributed by atoms with Gasteiger partial charge >= 0.3 is 11.9 Å². The van der Waals surface area contributed by atoms with Crippen molar-refractivity contribution in [3.8, 4) is 5.75 Å². The number of nitrogens with zero attached hydrogens (tertiary/aromatic N) is 2. The summed E-state index contributed by atoms with van der Waals surface area (Å²) in [5.41, 5.74) is 0.583. The van der Waals surface area contributed by atoms with Gasteiger partial charge in [-0.1, -0.05) is 11.6 Å². The Morgan fingerprint density at radius 2 is 1.92 bits per heavy atom. The molecule has 1 aromatic carbocycles. The predicted molar refractivity (Wildman–Crippen MR) is 91.3 cm³/mol. The number of rotatable bonds is 3. The van der Waals surface area contributed by atoms with Crippen molar-refractivity contribution < 1.29 is 29.3 Å². The number of halogens is 1. The quantitative estimate of drug-likeness (QED) is 0.769. The van der Waals surface area contributed by atoms with Crippen molar-refractivity contribution in [3.05, 3.63) is 28.8 Å². The first-order valence-electron chi connectivity index (χ1n) is 7.44. The van der Waals surface area contributed by atoms with Gasteiger partial charge in [-0.15, -0.1) is 0 Å². The van der Waals surface area contributed by atoms with Crippen molar-refractivity contribution in [2.45, 2.75) is 12.5 Å². The van der Waals surface area contributed by atoms with Crippen molar-refractivity contribution in [1.29, 1.82) is 0 Å². The highest BCUT2D eigenvalue weighted by Gasteiger charge is 2.26. The lowest BCUT2D eigenvalue weighted by Crippen LogP contribution is -2.35. The summed E-state index contributed by atoms with van der Waals surface area (Å²) in [7, 11) is 5.85. The van der Waals surface area contributed by atoms with Gasteiger partial charge in [-0.2, -0.15) is 0 Å². The first-order chi connectivity index (χ1) is 11.6. The van der Waals surface area contributed by atoms with Crippen LogP contribution >= 0.6 is 11.6 Å². The molecule has 1 unspecified atom stereocenters. The maximum Gasteiger partial charge on any atom is 0.414 e. The maximum absolute atomic E-state index is 12.2. The molecule has 0 fully saturated rings. The number of fused-ring (bicyclic) bond motifs is 1. The molecule has 0 spiro atoms. The van der Waals surface area contributed by atoms with Crippen LogP contribution in [0.3, 0.4) is 0 Å². The maximum atomic E-state index is 12.2. The minimum absolute atomic E-state index is 0.00364. The Bertz CT molecular complexity index is 638. The molecule has 1 heterocycles. The molecule has 9 heteroatoms. The summed E-state index contributed by atoms with van der Waals surface area (Å²) in [4.78, 5) is 34.2. The number of likely N-dealkylation sites (N-methyl/N-ethyl adjacent to an activating group) is 1. The van der Waals surface area contributed by atoms with E-state index in [-0.39, 0.29) is 12.0 Å². The van der Waals surface area contributed by atoms with Gasteiger partial charge in [0, 0.05) is 18.6 Å². The van der Waals surface area contributed by atoms with Crippen LogP contribution in [0.15, 0.2) is 18.2 Å². The highest BCUT2D eigenvalue weighted by molar-refractivity contribution is 6.30. The Kier molecular flexibility index (Phi) is 7.66. The number of ether oxygens (including phenoxy) is 1. The average molecular weight is 373 g/mol. The van der Waals surface area contributed by atoms with Gasteiger partial charge in [0.15, 0.2) is 0 Å². The van der Waals surface area contributed by atoms with Gasteiger partial charge in [-0.05, 0) is 38.7 Å². The lowest BCUT2D eigenvalue weighted by Gasteiger charge is -2.22. The number of carbonyl (C=O) groups excluding carboxylic acids is 1. The number of aliphatic carboxylic acids is 2. The van der Waals surface area contributed by atoms with E-state index in [0.717, 1.165) is 13.0 Å². The molecule has 25 heavy (non-hydrogen) atoms. The van der Waals surface area contributed by atoms with Gasteiger partial charge in [0.1, 0.15) is 11.9 Å². The van der Waals surface area contributed by atoms with E-state index in [9.17, 15) is 4.79 Å². The number of carboxylic acid groups (broad SMARTS) is 2. The zero-order valence-electron chi connectivity index (χ0n) is 14.2. The minimum atomic E-state index is -1.82. The standard InChI is InChI=1S/C14H19ClN2O2.C2H2O4/c1-16(2)7-6-11-9-17(3)14(18)12-5-4-10(15)8-13(12)19-11;3-1(4)2(5)6/h4-5,8,11H,6-7,9H2,1-3H3;(H,3,4)(H,5,6). The summed E-state index contributed by atoms with van der Waals surface area (Å²) in [5, 5.41) is 15.4. The van der Waals surface area contributed by atoms with Crippen LogP contribution in [0.5, 0.6) is 5.75 Å². The zero-order chi connectivity index (χ0) is 19.1. The Balaban J connectivity index is 0.000000450. The molecule has 0 bridgehead atoms. The van der Waals surface area contributed by atoms with Gasteiger partial charge in [0.05, 0.1) is 12.1 Å². The molecular formula is C16H21ClN2O6. The van der Waals surface area contributed by atoms with Crippen LogP contribution in [0, 0.1) is 0 Å². The van der Waals surface area contributed by atoms with Crippen LogP contribution in [-0.4, -0.2) is 78.2 Å². The first-order valence-corrected chi connectivity index (χ1v) is 7.82. The van der Waals surface area contributed by atoms with Gasteiger partial charge < -0.3 is 24.7 Å². The van der Waals surface area contributed by atoms with Gasteiger partial charge in [-0.3, -0.25) is 4.79 Å². The molecule has 1 aromatic rings. The fourth-order valence-corrected chi connectivity index (χ4v) is 2.30. The number of carbonyl (C=O) groups is 3. The normalized spacial score (nSPS) is 16.3. The van der Waals surface area contributed by atoms with Crippen molar-refractivity contribution >= 4 is 29.4 Å². The summed E-state index contributed by atoms with van der Waals surface area (Å²) in [5.74, 6) is -3.07. The summed E-state index contributed by atoms with van der Waals surface area (Å²) in [6.45, 7) is 1.52. The summed E-state index contributed by atoms with van der Waals surface area (Å²) in [6.07, 6.45) is 0.868. The molecule has 8 nitrogen and oxygen atoms in total. The molecule has 1 amide bonds. The second kappa shape index (κ2) is 9.24. The van der Waals surface area contributed by atoms with E-state index in [2.05, 4.69) is 4.90 Å². The Labute approximate surface area is 150 Å². The molecule has 1 aliphatic heterocycles. The SMILES string of the molecule is CN(C)CCC1CN(C)C(=O)c2ccc(Cl)cc2O1.O=C(O)C(=O)O. The molecule has 1 atom stereocenters. The number of hydrogen-bond donors (Lipinski definition) is 2. The molecule has 0 saturated heterocycles. The van der Waals surface area contributed by atoms with Crippen molar-refractivity contribution in [3.63, 3.8) is 0 Å². The molecule has 0 aromatic heterocycles. The lowest BCUT2D eigenvalue weighted by atomic mass is 10.2. The number of benzene rings is 1. The molecule has 2 rings (SSSR count). The average Bonchev–Trinajstić information content (AvgIpc) is 2.63. The monoisotopic (exact) mass is 372 g/mol. The van der Waals surface area contributed by atoms with Gasteiger partial charge in [0.2, 0.25) is 0 Å². The van der Waals surface area contributed by atoms with Crippen molar-refractivity contribution in [2.75, 3.05) is 34.2 Å². The molecule has 0 radical (unpaired) electrons. The molecule has 0 saturated carbocycles. The van der Waals surface area contributed by atoms with E-state index < -0.39 is 11.9 Å². The van der Waals surface area contributed by atoms with E-state index in [0.29, 0.717) is 22.9 Å². The third-order valence-electron chi connectivity index (χ3n) is 3.37. The lowest BCUT2D eigenvalue weighted by molar-refractivity contribution is -0.159. The van der Waals surface area contributed by atoms with E-state index in [1.807, 2.05) is 14.1 Å². The van der Waals surface area contributed by atoms with Crippen LogP contribution in [0.2, 0.25) is 5.02 Å². The van der Waals surface area contributed by atoms with E-state index in [1.54, 1.807) is 30.1 Å². The number of amides is 1. The number of carboxylic acids is 2. The summed E-state index contributed by atoms with van der Waals surface area (Å²) < 4.78 is 5.96. The van der Waals surface area contributed by atoms with Crippen LogP contribution < -0.4 is 4.74 Å². The Morgan fingerprint density at radius 3 is 2.44 bits per heavy atom. The smallest absolute Gasteiger partial charge is 0.414 e. The first kappa shape index (κ1) is 20.7. The number of hydrogen-bond acceptors (Lipinski definition) is 5. The fourth-order valence-electron chi connectivity index (χ4n) is 2.13. The minimum Gasteiger partial charge on any atom is -0.488 e.